The van der Waals surface area contributed by atoms with Gasteiger partial charge in [-0.05, 0) is 19.8 Å². The number of fused-ring (bicyclic) bond motifs is 1. The summed E-state index contributed by atoms with van der Waals surface area (Å²) in [6.45, 7) is 4.11. The number of aliphatic hydroxyl groups is 1. The average molecular weight is 450 g/mol. The minimum absolute atomic E-state index is 0.0882. The van der Waals surface area contributed by atoms with Crippen LogP contribution in [0, 0.1) is 41.9 Å². The van der Waals surface area contributed by atoms with E-state index in [1.165, 1.54) is 18.1 Å². The predicted octanol–water partition coefficient (Wildman–Crippen LogP) is 1.73. The van der Waals surface area contributed by atoms with E-state index in [9.17, 15) is 14.5 Å². The largest absolute Gasteiger partial charge is 0.395 e. The number of hydrogen-bond acceptors (Lipinski definition) is 8. The van der Waals surface area contributed by atoms with Gasteiger partial charge in [0.05, 0.1) is 44.5 Å². The molecule has 0 amide bonds. The maximum Gasteiger partial charge on any atom is 0.163 e. The number of halogens is 1. The molecule has 1 aliphatic heterocycles. The third-order valence-corrected chi connectivity index (χ3v) is 6.20. The number of nitrogen functional groups attached to an aromatic ring is 1. The number of aryl methyl sites for hydroxylation is 1. The Morgan fingerprint density at radius 3 is 2.87 bits per heavy atom. The Labute approximate surface area is 192 Å². The lowest BCUT2D eigenvalue weighted by Crippen LogP contribution is -2.57. The molecule has 0 bridgehead atoms. The molecule has 0 radical (unpaired) electrons. The second-order valence-corrected chi connectivity index (χ2v) is 8.13. The average Bonchev–Trinajstić information content (AvgIpc) is 3.15. The van der Waals surface area contributed by atoms with Gasteiger partial charge in [-0.1, -0.05) is 17.7 Å². The molecule has 2 aromatic rings. The standard InChI is InChI=1S/C21H28ClN7O2/c1-11-17-20(24)25-10-26-21(17)29(27-11)12(2)14-6-16(22)15(7-23)18(19(14)31-3)13-8-28(9-13)4-5-30/h6,10,12-15,18-19,30H,4-5,8-9H2,1-3H3,(H2,24,25,26)/i14D,15D,18D,19D. The molecule has 0 aromatic carbocycles. The van der Waals surface area contributed by atoms with Crippen LogP contribution < -0.4 is 5.73 Å². The van der Waals surface area contributed by atoms with Gasteiger partial charge < -0.3 is 20.5 Å². The van der Waals surface area contributed by atoms with Crippen molar-refractivity contribution < 1.29 is 15.3 Å². The zero-order chi connectivity index (χ0) is 26.0. The van der Waals surface area contributed by atoms with Crippen LogP contribution in [0.1, 0.15) is 24.1 Å². The van der Waals surface area contributed by atoms with Crippen molar-refractivity contribution >= 4 is 28.5 Å². The summed E-state index contributed by atoms with van der Waals surface area (Å²) < 4.78 is 44.5. The first-order valence-electron chi connectivity index (χ1n) is 12.0. The van der Waals surface area contributed by atoms with E-state index >= 15 is 0 Å². The van der Waals surface area contributed by atoms with Crippen molar-refractivity contribution in [3.63, 3.8) is 0 Å². The number of methoxy groups -OCH3 is 1. The smallest absolute Gasteiger partial charge is 0.163 e. The van der Waals surface area contributed by atoms with Crippen molar-refractivity contribution in [3.05, 3.63) is 23.1 Å². The molecule has 1 aliphatic carbocycles. The number of nitrogens with zero attached hydrogens (tertiary/aromatic N) is 6. The molecule has 10 heteroatoms. The van der Waals surface area contributed by atoms with Crippen LogP contribution in [-0.2, 0) is 4.74 Å². The molecule has 2 aliphatic rings. The molecule has 9 nitrogen and oxygen atoms in total. The van der Waals surface area contributed by atoms with Crippen LogP contribution in [-0.4, -0.2) is 69.2 Å². The maximum absolute atomic E-state index is 10.0. The molecule has 1 saturated heterocycles. The lowest BCUT2D eigenvalue weighted by molar-refractivity contribution is -0.0701. The Morgan fingerprint density at radius 2 is 2.23 bits per heavy atom. The minimum Gasteiger partial charge on any atom is -0.395 e. The number of nitriles is 1. The Balaban J connectivity index is 1.92. The fourth-order valence-corrected chi connectivity index (χ4v) is 4.62. The monoisotopic (exact) mass is 449 g/mol. The van der Waals surface area contributed by atoms with Crippen molar-refractivity contribution in [1.82, 2.24) is 24.6 Å². The summed E-state index contributed by atoms with van der Waals surface area (Å²) in [4.78, 5) is 10.1. The molecule has 0 saturated carbocycles. The van der Waals surface area contributed by atoms with E-state index in [-0.39, 0.29) is 30.5 Å². The number of ether oxygens (including phenoxy) is 1. The van der Waals surface area contributed by atoms with E-state index in [1.807, 2.05) is 11.0 Å². The summed E-state index contributed by atoms with van der Waals surface area (Å²) >= 11 is 6.52. The van der Waals surface area contributed by atoms with Gasteiger partial charge in [-0.25, -0.2) is 14.6 Å². The first-order chi connectivity index (χ1) is 16.4. The lowest BCUT2D eigenvalue weighted by atomic mass is 9.66. The second kappa shape index (κ2) is 8.71. The highest BCUT2D eigenvalue weighted by Gasteiger charge is 2.49. The van der Waals surface area contributed by atoms with Crippen molar-refractivity contribution in [2.45, 2.75) is 26.0 Å². The third-order valence-electron chi connectivity index (χ3n) is 5.90. The molecular weight excluding hydrogens is 418 g/mol. The van der Waals surface area contributed by atoms with Gasteiger partial charge in [-0.2, -0.15) is 10.4 Å². The fraction of sp³-hybridized carbons (Fsp3) is 0.619. The minimum atomic E-state index is -2.42. The van der Waals surface area contributed by atoms with Gasteiger partial charge in [0.1, 0.15) is 12.1 Å². The number of aromatic nitrogens is 4. The Morgan fingerprint density at radius 1 is 1.48 bits per heavy atom. The number of aliphatic hydroxyl groups excluding tert-OH is 1. The molecule has 4 rings (SSSR count). The van der Waals surface area contributed by atoms with Crippen LogP contribution in [0.4, 0.5) is 5.82 Å². The summed E-state index contributed by atoms with van der Waals surface area (Å²) in [6, 6.07) is 0.860. The highest BCUT2D eigenvalue weighted by molar-refractivity contribution is 6.30. The summed E-state index contributed by atoms with van der Waals surface area (Å²) in [7, 11) is 1.20. The number of hydrogen-bond donors (Lipinski definition) is 2. The van der Waals surface area contributed by atoms with E-state index in [4.69, 9.17) is 23.4 Å². The van der Waals surface area contributed by atoms with Crippen LogP contribution in [0.15, 0.2) is 17.4 Å². The number of anilines is 1. The van der Waals surface area contributed by atoms with Crippen LogP contribution in [0.2, 0.25) is 0 Å². The third kappa shape index (κ3) is 3.68. The molecule has 1 fully saturated rings. The highest BCUT2D eigenvalue weighted by atomic mass is 35.5. The lowest BCUT2D eigenvalue weighted by Gasteiger charge is -2.50. The topological polar surface area (TPSA) is 126 Å². The SMILES string of the molecule is [2H]C1(C#N)C(Cl)=CC([2H])(C(C)n2nc(C)c3c(N)ncnc32)C([2H])(OC)C1([2H])C1CN(CCO)C1. The number of nitrogens with two attached hydrogens (primary N) is 1. The summed E-state index contributed by atoms with van der Waals surface area (Å²) in [5.74, 6) is -7.17. The Bertz CT molecular complexity index is 1230. The van der Waals surface area contributed by atoms with Crippen LogP contribution in [0.25, 0.3) is 11.0 Å². The summed E-state index contributed by atoms with van der Waals surface area (Å²) in [5.41, 5.74) is 6.89. The van der Waals surface area contributed by atoms with Crippen molar-refractivity contribution in [2.75, 3.05) is 39.1 Å². The van der Waals surface area contributed by atoms with Crippen molar-refractivity contribution in [2.24, 2.45) is 23.6 Å². The van der Waals surface area contributed by atoms with Crippen LogP contribution in [0.5, 0.6) is 0 Å². The second-order valence-electron chi connectivity index (χ2n) is 7.72. The van der Waals surface area contributed by atoms with Gasteiger partial charge in [0, 0.05) is 46.3 Å². The molecule has 2 aromatic heterocycles. The van der Waals surface area contributed by atoms with E-state index in [0.717, 1.165) is 6.08 Å². The Kier molecular flexibility index (Phi) is 4.87. The Hall–Kier alpha value is -2.25. The van der Waals surface area contributed by atoms with Gasteiger partial charge in [0.2, 0.25) is 0 Å². The number of likely N-dealkylation sites (tertiary alicyclic amines) is 1. The first-order valence-corrected chi connectivity index (χ1v) is 10.4. The highest BCUT2D eigenvalue weighted by Crippen LogP contribution is 2.47. The van der Waals surface area contributed by atoms with E-state index in [1.54, 1.807) is 13.8 Å². The van der Waals surface area contributed by atoms with Gasteiger partial charge in [-0.3, -0.25) is 0 Å². The molecule has 5 unspecified atom stereocenters. The normalized spacial score (nSPS) is 39.5. The molecule has 5 atom stereocenters. The number of β-amino-alcohol motifs (C(OH)–C–C–N with tert-alkyl or cyclic N) is 1. The number of rotatable bonds is 6. The molecule has 166 valence electrons. The van der Waals surface area contributed by atoms with Gasteiger partial charge >= 0.3 is 0 Å². The van der Waals surface area contributed by atoms with Crippen molar-refractivity contribution in [1.29, 1.82) is 5.26 Å². The van der Waals surface area contributed by atoms with E-state index in [0.29, 0.717) is 23.3 Å². The molecule has 3 heterocycles. The van der Waals surface area contributed by atoms with Crippen LogP contribution in [0.3, 0.4) is 0 Å². The molecule has 3 N–H and O–H groups in total. The zero-order valence-corrected chi connectivity index (χ0v) is 18.4. The van der Waals surface area contributed by atoms with Crippen molar-refractivity contribution in [3.8, 4) is 6.07 Å². The fourth-order valence-electron chi connectivity index (χ4n) is 4.36. The van der Waals surface area contributed by atoms with E-state index in [2.05, 4.69) is 15.1 Å². The first kappa shape index (κ1) is 17.3. The van der Waals surface area contributed by atoms with Gasteiger partial charge in [-0.15, -0.1) is 0 Å². The molecule has 31 heavy (non-hydrogen) atoms. The number of allylic oxidation sites excluding steroid dienone is 1. The summed E-state index contributed by atoms with van der Waals surface area (Å²) in [6.07, 6.45) is 0.0161. The quantitative estimate of drug-likeness (QED) is 0.682. The van der Waals surface area contributed by atoms with E-state index < -0.39 is 35.7 Å². The molecular formula is C21H28ClN7O2. The zero-order valence-electron chi connectivity index (χ0n) is 21.6. The van der Waals surface area contributed by atoms with Crippen LogP contribution >= 0.6 is 11.6 Å². The maximum atomic E-state index is 10.0. The predicted molar refractivity (Wildman–Crippen MR) is 117 cm³/mol. The molecule has 0 spiro atoms. The summed E-state index contributed by atoms with van der Waals surface area (Å²) in [5, 5.41) is 24.0. The van der Waals surface area contributed by atoms with Gasteiger partial charge in [0.15, 0.2) is 5.65 Å². The van der Waals surface area contributed by atoms with Gasteiger partial charge in [0.25, 0.3) is 0 Å².